The quantitative estimate of drug-likeness (QED) is 0.771. The molecule has 0 amide bonds. The standard InChI is InChI=1S/C15H29N3O/c1-17-7-2-3-12-10-18(8-5-14(12)17)13-4-6-15(16,9-13)11-19/h12-14,19H,2-11,16H2,1H3. The van der Waals surface area contributed by atoms with Gasteiger partial charge in [-0.15, -0.1) is 0 Å². The largest absolute Gasteiger partial charge is 0.394 e. The van der Waals surface area contributed by atoms with Crippen LogP contribution < -0.4 is 5.73 Å². The van der Waals surface area contributed by atoms with E-state index in [2.05, 4.69) is 16.8 Å². The first-order chi connectivity index (χ1) is 9.11. The summed E-state index contributed by atoms with van der Waals surface area (Å²) in [7, 11) is 2.29. The van der Waals surface area contributed by atoms with E-state index in [1.165, 1.54) is 45.3 Å². The van der Waals surface area contributed by atoms with Crippen LogP contribution in [0.15, 0.2) is 0 Å². The first-order valence-electron chi connectivity index (χ1n) is 7.95. The van der Waals surface area contributed by atoms with Crippen LogP contribution in [0.3, 0.4) is 0 Å². The van der Waals surface area contributed by atoms with Crippen LogP contribution in [0.5, 0.6) is 0 Å². The van der Waals surface area contributed by atoms with Gasteiger partial charge >= 0.3 is 0 Å². The van der Waals surface area contributed by atoms with Gasteiger partial charge in [0.25, 0.3) is 0 Å². The van der Waals surface area contributed by atoms with Crippen LogP contribution in [-0.2, 0) is 0 Å². The van der Waals surface area contributed by atoms with Gasteiger partial charge < -0.3 is 15.7 Å². The van der Waals surface area contributed by atoms with Crippen LogP contribution >= 0.6 is 0 Å². The lowest BCUT2D eigenvalue weighted by Gasteiger charge is -2.47. The molecule has 0 spiro atoms. The Bertz CT molecular complexity index is 325. The minimum atomic E-state index is -0.301. The molecule has 0 aromatic heterocycles. The van der Waals surface area contributed by atoms with Gasteiger partial charge in [0.2, 0.25) is 0 Å². The van der Waals surface area contributed by atoms with Crippen molar-refractivity contribution in [1.82, 2.24) is 9.80 Å². The van der Waals surface area contributed by atoms with Gasteiger partial charge in [-0.05, 0) is 64.6 Å². The number of nitrogens with zero attached hydrogens (tertiary/aromatic N) is 2. The molecule has 2 aliphatic heterocycles. The third-order valence-electron chi connectivity index (χ3n) is 5.83. The summed E-state index contributed by atoms with van der Waals surface area (Å²) < 4.78 is 0. The highest BCUT2D eigenvalue weighted by Gasteiger charge is 2.41. The maximum atomic E-state index is 9.41. The number of fused-ring (bicyclic) bond motifs is 1. The Hall–Kier alpha value is -0.160. The molecule has 3 fully saturated rings. The molecule has 1 aliphatic carbocycles. The van der Waals surface area contributed by atoms with Gasteiger partial charge in [0.05, 0.1) is 6.61 Å². The molecule has 3 N–H and O–H groups in total. The minimum Gasteiger partial charge on any atom is -0.394 e. The summed E-state index contributed by atoms with van der Waals surface area (Å²) in [5, 5.41) is 9.41. The normalized spacial score (nSPS) is 45.3. The highest BCUT2D eigenvalue weighted by atomic mass is 16.3. The van der Waals surface area contributed by atoms with Crippen LogP contribution in [0.25, 0.3) is 0 Å². The summed E-state index contributed by atoms with van der Waals surface area (Å²) in [6.45, 7) is 3.89. The monoisotopic (exact) mass is 267 g/mol. The molecule has 0 radical (unpaired) electrons. The molecule has 0 bridgehead atoms. The Labute approximate surface area is 116 Å². The van der Waals surface area contributed by atoms with E-state index >= 15 is 0 Å². The number of nitrogens with two attached hydrogens (primary N) is 1. The lowest BCUT2D eigenvalue weighted by Crippen LogP contribution is -2.55. The van der Waals surface area contributed by atoms with Gasteiger partial charge in [-0.1, -0.05) is 0 Å². The second-order valence-electron chi connectivity index (χ2n) is 7.15. The van der Waals surface area contributed by atoms with Gasteiger partial charge in [-0.2, -0.15) is 0 Å². The number of aliphatic hydroxyl groups is 1. The van der Waals surface area contributed by atoms with Gasteiger partial charge in [-0.25, -0.2) is 0 Å². The Morgan fingerprint density at radius 3 is 2.84 bits per heavy atom. The van der Waals surface area contributed by atoms with E-state index in [-0.39, 0.29) is 12.1 Å². The van der Waals surface area contributed by atoms with E-state index in [0.29, 0.717) is 6.04 Å². The number of piperidine rings is 2. The van der Waals surface area contributed by atoms with Crippen molar-refractivity contribution < 1.29 is 5.11 Å². The van der Waals surface area contributed by atoms with Gasteiger partial charge in [0.15, 0.2) is 0 Å². The zero-order chi connectivity index (χ0) is 13.5. The van der Waals surface area contributed by atoms with Crippen molar-refractivity contribution >= 4 is 0 Å². The molecule has 1 saturated carbocycles. The number of likely N-dealkylation sites (tertiary alicyclic amines) is 2. The second kappa shape index (κ2) is 5.32. The molecule has 3 aliphatic rings. The predicted molar refractivity (Wildman–Crippen MR) is 77.0 cm³/mol. The predicted octanol–water partition coefficient (Wildman–Crippen LogP) is 0.645. The summed E-state index contributed by atoms with van der Waals surface area (Å²) in [4.78, 5) is 5.24. The zero-order valence-electron chi connectivity index (χ0n) is 12.2. The van der Waals surface area contributed by atoms with Crippen molar-refractivity contribution in [2.24, 2.45) is 11.7 Å². The van der Waals surface area contributed by atoms with Crippen LogP contribution in [0.1, 0.15) is 38.5 Å². The average Bonchev–Trinajstić information content (AvgIpc) is 2.82. The molecule has 3 rings (SSSR count). The topological polar surface area (TPSA) is 52.7 Å². The number of rotatable bonds is 2. The molecule has 2 heterocycles. The highest BCUT2D eigenvalue weighted by Crippen LogP contribution is 2.36. The molecule has 2 saturated heterocycles. The molecule has 4 nitrogen and oxygen atoms in total. The highest BCUT2D eigenvalue weighted by molar-refractivity contribution is 4.99. The summed E-state index contributed by atoms with van der Waals surface area (Å²) in [6, 6.07) is 1.43. The SMILES string of the molecule is CN1CCCC2CN(C3CCC(N)(CO)C3)CCC21. The third-order valence-corrected chi connectivity index (χ3v) is 5.83. The van der Waals surface area contributed by atoms with Crippen LogP contribution in [-0.4, -0.2) is 65.8 Å². The molecule has 4 heteroatoms. The Balaban J connectivity index is 1.60. The van der Waals surface area contributed by atoms with Gasteiger partial charge in [0.1, 0.15) is 0 Å². The molecule has 19 heavy (non-hydrogen) atoms. The summed E-state index contributed by atoms with van der Waals surface area (Å²) in [5.41, 5.74) is 5.92. The lowest BCUT2D eigenvalue weighted by atomic mass is 9.83. The Kier molecular flexibility index (Phi) is 3.87. The van der Waals surface area contributed by atoms with Gasteiger partial charge in [0, 0.05) is 24.2 Å². The zero-order valence-corrected chi connectivity index (χ0v) is 12.2. The number of hydrogen-bond acceptors (Lipinski definition) is 4. The van der Waals surface area contributed by atoms with Crippen molar-refractivity contribution in [2.75, 3.05) is 33.3 Å². The molecule has 110 valence electrons. The summed E-state index contributed by atoms with van der Waals surface area (Å²) in [5.74, 6) is 0.856. The Morgan fingerprint density at radius 1 is 1.26 bits per heavy atom. The van der Waals surface area contributed by atoms with Crippen LogP contribution in [0.4, 0.5) is 0 Å². The fourth-order valence-electron chi connectivity index (χ4n) is 4.60. The number of hydrogen-bond donors (Lipinski definition) is 2. The van der Waals surface area contributed by atoms with Crippen LogP contribution in [0, 0.1) is 5.92 Å². The third kappa shape index (κ3) is 2.68. The van der Waals surface area contributed by atoms with Crippen molar-refractivity contribution in [1.29, 1.82) is 0 Å². The fraction of sp³-hybridized carbons (Fsp3) is 1.00. The van der Waals surface area contributed by atoms with E-state index in [0.717, 1.165) is 24.8 Å². The minimum absolute atomic E-state index is 0.145. The van der Waals surface area contributed by atoms with E-state index in [4.69, 9.17) is 5.73 Å². The first kappa shape index (κ1) is 13.8. The Morgan fingerprint density at radius 2 is 2.11 bits per heavy atom. The van der Waals surface area contributed by atoms with E-state index < -0.39 is 0 Å². The average molecular weight is 267 g/mol. The molecule has 4 atom stereocenters. The van der Waals surface area contributed by atoms with E-state index in [1.54, 1.807) is 0 Å². The van der Waals surface area contributed by atoms with Crippen molar-refractivity contribution in [3.05, 3.63) is 0 Å². The second-order valence-corrected chi connectivity index (χ2v) is 7.15. The van der Waals surface area contributed by atoms with Crippen molar-refractivity contribution in [2.45, 2.75) is 56.1 Å². The molecule has 4 unspecified atom stereocenters. The molecule has 0 aromatic carbocycles. The maximum absolute atomic E-state index is 9.41. The van der Waals surface area contributed by atoms with Crippen molar-refractivity contribution in [3.63, 3.8) is 0 Å². The summed E-state index contributed by atoms with van der Waals surface area (Å²) >= 11 is 0. The maximum Gasteiger partial charge on any atom is 0.0611 e. The number of aliphatic hydroxyl groups excluding tert-OH is 1. The fourth-order valence-corrected chi connectivity index (χ4v) is 4.60. The van der Waals surface area contributed by atoms with E-state index in [1.807, 2.05) is 0 Å². The molecular formula is C15H29N3O. The van der Waals surface area contributed by atoms with Crippen LogP contribution in [0.2, 0.25) is 0 Å². The summed E-state index contributed by atoms with van der Waals surface area (Å²) in [6.07, 6.45) is 7.20. The van der Waals surface area contributed by atoms with Crippen molar-refractivity contribution in [3.8, 4) is 0 Å². The first-order valence-corrected chi connectivity index (χ1v) is 7.95. The van der Waals surface area contributed by atoms with E-state index in [9.17, 15) is 5.11 Å². The molecule has 0 aromatic rings. The molecular weight excluding hydrogens is 238 g/mol. The van der Waals surface area contributed by atoms with Gasteiger partial charge in [-0.3, -0.25) is 4.90 Å². The lowest BCUT2D eigenvalue weighted by molar-refractivity contribution is 0.0194. The smallest absolute Gasteiger partial charge is 0.0611 e.